The van der Waals surface area contributed by atoms with Gasteiger partial charge in [0.15, 0.2) is 5.65 Å². The van der Waals surface area contributed by atoms with Gasteiger partial charge in [-0.25, -0.2) is 9.67 Å². The lowest BCUT2D eigenvalue weighted by Crippen LogP contribution is -2.37. The van der Waals surface area contributed by atoms with Crippen molar-refractivity contribution in [2.24, 2.45) is 5.73 Å². The molecule has 0 bridgehead atoms. The lowest BCUT2D eigenvalue weighted by atomic mass is 10.0. The second kappa shape index (κ2) is 9.18. The maximum Gasteiger partial charge on any atom is 0.254 e. The molecule has 0 aliphatic carbocycles. The quantitative estimate of drug-likeness (QED) is 0.632. The molecule has 0 aliphatic rings. The minimum absolute atomic E-state index is 0.0102. The Morgan fingerprint density at radius 3 is 2.48 bits per heavy atom. The van der Waals surface area contributed by atoms with E-state index in [1.54, 1.807) is 6.20 Å². The lowest BCUT2D eigenvalue weighted by Gasteiger charge is -2.23. The van der Waals surface area contributed by atoms with Gasteiger partial charge in [-0.05, 0) is 37.8 Å². The molecule has 0 fully saturated rings. The summed E-state index contributed by atoms with van der Waals surface area (Å²) < 4.78 is 1.88. The minimum atomic E-state index is -0.0102. The van der Waals surface area contributed by atoms with Crippen molar-refractivity contribution in [3.63, 3.8) is 0 Å². The first kappa shape index (κ1) is 21.0. The zero-order chi connectivity index (χ0) is 21.0. The van der Waals surface area contributed by atoms with Crippen molar-refractivity contribution in [1.82, 2.24) is 19.7 Å². The first-order valence-electron chi connectivity index (χ1n) is 10.3. The molecule has 29 heavy (non-hydrogen) atoms. The van der Waals surface area contributed by atoms with Gasteiger partial charge in [-0.1, -0.05) is 44.2 Å². The number of nitrogens with two attached hydrogens (primary N) is 1. The lowest BCUT2D eigenvalue weighted by molar-refractivity contribution is 0.0764. The molecule has 0 atom stereocenters. The molecule has 3 rings (SSSR count). The number of rotatable bonds is 8. The Morgan fingerprint density at radius 2 is 1.86 bits per heavy atom. The highest BCUT2D eigenvalue weighted by Gasteiger charge is 2.22. The Balaban J connectivity index is 1.98. The number of nitrogens with zero attached hydrogens (tertiary/aromatic N) is 4. The summed E-state index contributed by atoms with van der Waals surface area (Å²) >= 11 is 0. The Bertz CT molecular complexity index is 962. The van der Waals surface area contributed by atoms with Crippen LogP contribution in [0.25, 0.3) is 11.0 Å². The third kappa shape index (κ3) is 4.65. The van der Waals surface area contributed by atoms with Gasteiger partial charge in [-0.3, -0.25) is 4.79 Å². The maximum atomic E-state index is 13.5. The molecule has 6 nitrogen and oxygen atoms in total. The average molecular weight is 394 g/mol. The molecule has 2 N–H and O–H groups in total. The molecular weight excluding hydrogens is 362 g/mol. The van der Waals surface area contributed by atoms with Crippen LogP contribution in [-0.4, -0.2) is 45.2 Å². The predicted octanol–water partition coefficient (Wildman–Crippen LogP) is 3.78. The molecule has 1 aromatic carbocycles. The number of amides is 1. The number of pyridine rings is 1. The van der Waals surface area contributed by atoms with Crippen LogP contribution in [0.5, 0.6) is 0 Å². The predicted molar refractivity (Wildman–Crippen MR) is 117 cm³/mol. The van der Waals surface area contributed by atoms with Gasteiger partial charge in [-0.15, -0.1) is 0 Å². The third-order valence-corrected chi connectivity index (χ3v) is 5.10. The van der Waals surface area contributed by atoms with Crippen molar-refractivity contribution in [3.8, 4) is 0 Å². The van der Waals surface area contributed by atoms with E-state index in [0.29, 0.717) is 25.2 Å². The zero-order valence-electron chi connectivity index (χ0n) is 17.8. The fraction of sp³-hybridized carbons (Fsp3) is 0.435. The molecule has 0 radical (unpaired) electrons. The smallest absolute Gasteiger partial charge is 0.254 e. The molecule has 2 heterocycles. The number of carbonyl (C=O) groups excluding carboxylic acids is 1. The molecule has 0 unspecified atom stereocenters. The summed E-state index contributed by atoms with van der Waals surface area (Å²) in [7, 11) is 0. The molecule has 0 saturated carbocycles. The van der Waals surface area contributed by atoms with Crippen molar-refractivity contribution in [2.45, 2.75) is 46.1 Å². The fourth-order valence-electron chi connectivity index (χ4n) is 3.44. The SMILES string of the molecule is CC(C)c1cc(C(=O)N(CCN)CCc2ccccc2)c2cnn(C(C)C)c2n1. The Labute approximate surface area is 172 Å². The van der Waals surface area contributed by atoms with E-state index in [9.17, 15) is 4.79 Å². The van der Waals surface area contributed by atoms with Crippen LogP contribution >= 0.6 is 0 Å². The highest BCUT2D eigenvalue weighted by atomic mass is 16.2. The summed E-state index contributed by atoms with van der Waals surface area (Å²) in [4.78, 5) is 20.2. The summed E-state index contributed by atoms with van der Waals surface area (Å²) in [6.45, 7) is 9.88. The summed E-state index contributed by atoms with van der Waals surface area (Å²) in [5.74, 6) is 0.206. The van der Waals surface area contributed by atoms with E-state index in [-0.39, 0.29) is 17.9 Å². The number of aromatic nitrogens is 3. The van der Waals surface area contributed by atoms with E-state index in [0.717, 1.165) is 23.1 Å². The van der Waals surface area contributed by atoms with Crippen LogP contribution in [0.2, 0.25) is 0 Å². The van der Waals surface area contributed by atoms with Crippen LogP contribution in [0.3, 0.4) is 0 Å². The van der Waals surface area contributed by atoms with Gasteiger partial charge in [-0.2, -0.15) is 5.10 Å². The maximum absolute atomic E-state index is 13.5. The molecule has 6 heteroatoms. The molecule has 0 aliphatic heterocycles. The van der Waals surface area contributed by atoms with E-state index in [2.05, 4.69) is 44.9 Å². The Kier molecular flexibility index (Phi) is 6.64. The number of hydrogen-bond acceptors (Lipinski definition) is 4. The third-order valence-electron chi connectivity index (χ3n) is 5.10. The largest absolute Gasteiger partial charge is 0.337 e. The van der Waals surface area contributed by atoms with Crippen molar-refractivity contribution in [1.29, 1.82) is 0 Å². The summed E-state index contributed by atoms with van der Waals surface area (Å²) in [6, 6.07) is 12.3. The van der Waals surface area contributed by atoms with Crippen molar-refractivity contribution < 1.29 is 4.79 Å². The van der Waals surface area contributed by atoms with E-state index in [1.165, 1.54) is 5.56 Å². The first-order valence-corrected chi connectivity index (χ1v) is 10.3. The first-order chi connectivity index (χ1) is 13.9. The highest BCUT2D eigenvalue weighted by Crippen LogP contribution is 2.25. The topological polar surface area (TPSA) is 77.0 Å². The van der Waals surface area contributed by atoms with Gasteiger partial charge in [0.05, 0.1) is 17.1 Å². The molecule has 154 valence electrons. The van der Waals surface area contributed by atoms with E-state index in [1.807, 2.05) is 33.8 Å². The second-order valence-corrected chi connectivity index (χ2v) is 7.99. The van der Waals surface area contributed by atoms with Gasteiger partial charge in [0.1, 0.15) is 0 Å². The van der Waals surface area contributed by atoms with Gasteiger partial charge in [0.25, 0.3) is 5.91 Å². The number of carbonyl (C=O) groups is 1. The van der Waals surface area contributed by atoms with Crippen LogP contribution in [0, 0.1) is 0 Å². The average Bonchev–Trinajstić information content (AvgIpc) is 3.15. The molecular formula is C23H31N5O. The van der Waals surface area contributed by atoms with Crippen molar-refractivity contribution >= 4 is 16.9 Å². The Morgan fingerprint density at radius 1 is 1.14 bits per heavy atom. The monoisotopic (exact) mass is 393 g/mol. The van der Waals surface area contributed by atoms with E-state index < -0.39 is 0 Å². The summed E-state index contributed by atoms with van der Waals surface area (Å²) in [6.07, 6.45) is 2.56. The van der Waals surface area contributed by atoms with Crippen LogP contribution in [0.15, 0.2) is 42.6 Å². The highest BCUT2D eigenvalue weighted by molar-refractivity contribution is 6.05. The van der Waals surface area contributed by atoms with Crippen LogP contribution in [0.4, 0.5) is 0 Å². The zero-order valence-corrected chi connectivity index (χ0v) is 17.8. The molecule has 1 amide bonds. The van der Waals surface area contributed by atoms with E-state index >= 15 is 0 Å². The van der Waals surface area contributed by atoms with Gasteiger partial charge < -0.3 is 10.6 Å². The molecule has 2 aromatic heterocycles. The van der Waals surface area contributed by atoms with Crippen LogP contribution in [0.1, 0.15) is 61.3 Å². The normalized spacial score (nSPS) is 11.6. The number of fused-ring (bicyclic) bond motifs is 1. The standard InChI is InChI=1S/C23H31N5O/c1-16(2)21-14-19(20-15-25-28(17(3)4)22(20)26-21)23(29)27(13-11-24)12-10-18-8-6-5-7-9-18/h5-9,14-17H,10-13,24H2,1-4H3. The Hall–Kier alpha value is -2.73. The van der Waals surface area contributed by atoms with Crippen LogP contribution in [-0.2, 0) is 6.42 Å². The molecule has 0 saturated heterocycles. The van der Waals surface area contributed by atoms with Crippen molar-refractivity contribution in [3.05, 3.63) is 59.4 Å². The number of hydrogen-bond donors (Lipinski definition) is 1. The van der Waals surface area contributed by atoms with Gasteiger partial charge >= 0.3 is 0 Å². The van der Waals surface area contributed by atoms with Gasteiger partial charge in [0, 0.05) is 31.4 Å². The molecule has 3 aromatic rings. The van der Waals surface area contributed by atoms with Crippen molar-refractivity contribution in [2.75, 3.05) is 19.6 Å². The summed E-state index contributed by atoms with van der Waals surface area (Å²) in [5.41, 5.74) is 9.36. The number of benzene rings is 1. The van der Waals surface area contributed by atoms with E-state index in [4.69, 9.17) is 10.7 Å². The van der Waals surface area contributed by atoms with Crippen LogP contribution < -0.4 is 5.73 Å². The summed E-state index contributed by atoms with van der Waals surface area (Å²) in [5, 5.41) is 5.30. The van der Waals surface area contributed by atoms with Gasteiger partial charge in [0.2, 0.25) is 0 Å². The fourth-order valence-corrected chi connectivity index (χ4v) is 3.44. The minimum Gasteiger partial charge on any atom is -0.337 e. The second-order valence-electron chi connectivity index (χ2n) is 7.99. The molecule has 0 spiro atoms.